The molecule has 0 spiro atoms. The monoisotopic (exact) mass is 249 g/mol. The van der Waals surface area contributed by atoms with E-state index in [-0.39, 0.29) is 23.4 Å². The van der Waals surface area contributed by atoms with Gasteiger partial charge in [0, 0.05) is 0 Å². The third-order valence-corrected chi connectivity index (χ3v) is 3.41. The number of hydrogen-bond acceptors (Lipinski definition) is 4. The summed E-state index contributed by atoms with van der Waals surface area (Å²) < 4.78 is 6.56. The normalized spacial score (nSPS) is 11.1. The van der Waals surface area contributed by atoms with Crippen molar-refractivity contribution >= 4 is 5.97 Å². The van der Waals surface area contributed by atoms with Crippen LogP contribution in [0, 0.1) is 11.3 Å². The van der Waals surface area contributed by atoms with Crippen LogP contribution >= 0.6 is 0 Å². The average molecular weight is 249 g/mol. The Kier molecular flexibility index (Phi) is 4.49. The van der Waals surface area contributed by atoms with Gasteiger partial charge in [0.2, 0.25) is 0 Å². The lowest BCUT2D eigenvalue weighted by Crippen LogP contribution is -2.31. The van der Waals surface area contributed by atoms with Gasteiger partial charge in [-0.2, -0.15) is 10.4 Å². The maximum atomic E-state index is 11.7. The summed E-state index contributed by atoms with van der Waals surface area (Å²) in [5.41, 5.74) is 0.266. The number of nitrogens with zero attached hydrogens (tertiary/aromatic N) is 3. The molecule has 98 valence electrons. The predicted octanol–water partition coefficient (Wildman–Crippen LogP) is 2.47. The Hall–Kier alpha value is -1.83. The molecule has 0 aliphatic carbocycles. The average Bonchev–Trinajstić information content (AvgIpc) is 2.82. The Balaban J connectivity index is 3.26. The minimum Gasteiger partial charge on any atom is -0.462 e. The standard InChI is InChI=1S/C13H19N3O2/c1-5-13(4,6-2)16-11(8-14)10(9-15-16)12(17)18-7-3/h9H,5-7H2,1-4H3. The fourth-order valence-corrected chi connectivity index (χ4v) is 1.77. The molecule has 5 nitrogen and oxygen atoms in total. The van der Waals surface area contributed by atoms with Gasteiger partial charge >= 0.3 is 5.97 Å². The van der Waals surface area contributed by atoms with Gasteiger partial charge in [0.1, 0.15) is 11.6 Å². The number of carbonyl (C=O) groups excluding carboxylic acids is 1. The zero-order valence-electron chi connectivity index (χ0n) is 11.4. The lowest BCUT2D eigenvalue weighted by atomic mass is 9.95. The van der Waals surface area contributed by atoms with Gasteiger partial charge in [-0.05, 0) is 26.7 Å². The number of aromatic nitrogens is 2. The second-order valence-electron chi connectivity index (χ2n) is 4.35. The van der Waals surface area contributed by atoms with Crippen LogP contribution < -0.4 is 0 Å². The van der Waals surface area contributed by atoms with Crippen molar-refractivity contribution in [2.45, 2.75) is 46.1 Å². The number of hydrogen-bond donors (Lipinski definition) is 0. The Morgan fingerprint density at radius 2 is 2.11 bits per heavy atom. The Morgan fingerprint density at radius 1 is 1.50 bits per heavy atom. The van der Waals surface area contributed by atoms with Gasteiger partial charge in [0.25, 0.3) is 0 Å². The fourth-order valence-electron chi connectivity index (χ4n) is 1.77. The second-order valence-corrected chi connectivity index (χ2v) is 4.35. The summed E-state index contributed by atoms with van der Waals surface area (Å²) in [4.78, 5) is 11.7. The summed E-state index contributed by atoms with van der Waals surface area (Å²) in [5, 5.41) is 13.4. The van der Waals surface area contributed by atoms with Gasteiger partial charge in [-0.15, -0.1) is 0 Å². The van der Waals surface area contributed by atoms with Crippen molar-refractivity contribution in [1.29, 1.82) is 5.26 Å². The number of carbonyl (C=O) groups is 1. The Bertz CT molecular complexity index is 467. The van der Waals surface area contributed by atoms with Gasteiger partial charge in [-0.3, -0.25) is 0 Å². The van der Waals surface area contributed by atoms with E-state index >= 15 is 0 Å². The molecule has 0 fully saturated rings. The first kappa shape index (κ1) is 14.2. The zero-order chi connectivity index (χ0) is 13.8. The van der Waals surface area contributed by atoms with Crippen molar-refractivity contribution < 1.29 is 9.53 Å². The number of rotatable bonds is 5. The minimum atomic E-state index is -0.491. The van der Waals surface area contributed by atoms with E-state index in [2.05, 4.69) is 11.2 Å². The Labute approximate surface area is 107 Å². The van der Waals surface area contributed by atoms with Crippen molar-refractivity contribution in [3.63, 3.8) is 0 Å². The lowest BCUT2D eigenvalue weighted by molar-refractivity contribution is 0.0525. The van der Waals surface area contributed by atoms with Crippen molar-refractivity contribution in [3.05, 3.63) is 17.5 Å². The van der Waals surface area contributed by atoms with Crippen LogP contribution in [0.4, 0.5) is 0 Å². The topological polar surface area (TPSA) is 67.9 Å². The van der Waals surface area contributed by atoms with E-state index in [1.165, 1.54) is 6.20 Å². The van der Waals surface area contributed by atoms with Crippen LogP contribution in [0.3, 0.4) is 0 Å². The third-order valence-electron chi connectivity index (χ3n) is 3.41. The van der Waals surface area contributed by atoms with Crippen molar-refractivity contribution in [3.8, 4) is 6.07 Å². The molecule has 0 radical (unpaired) electrons. The maximum absolute atomic E-state index is 11.7. The van der Waals surface area contributed by atoms with Crippen LogP contribution in [-0.4, -0.2) is 22.4 Å². The van der Waals surface area contributed by atoms with Gasteiger partial charge in [-0.1, -0.05) is 13.8 Å². The smallest absolute Gasteiger partial charge is 0.342 e. The summed E-state index contributed by atoms with van der Waals surface area (Å²) >= 11 is 0. The molecule has 0 aliphatic rings. The van der Waals surface area contributed by atoms with Gasteiger partial charge in [-0.25, -0.2) is 9.48 Å². The van der Waals surface area contributed by atoms with E-state index in [1.54, 1.807) is 11.6 Å². The van der Waals surface area contributed by atoms with Crippen LogP contribution in [-0.2, 0) is 10.3 Å². The largest absolute Gasteiger partial charge is 0.462 e. The Morgan fingerprint density at radius 3 is 2.56 bits per heavy atom. The second kappa shape index (κ2) is 5.67. The van der Waals surface area contributed by atoms with Gasteiger partial charge in [0.05, 0.1) is 18.3 Å². The number of ether oxygens (including phenoxy) is 1. The first-order chi connectivity index (χ1) is 8.53. The maximum Gasteiger partial charge on any atom is 0.342 e. The molecular weight excluding hydrogens is 230 g/mol. The van der Waals surface area contributed by atoms with Crippen molar-refractivity contribution in [2.75, 3.05) is 6.61 Å². The SMILES string of the molecule is CCOC(=O)c1cnn(C(C)(CC)CC)c1C#N. The van der Waals surface area contributed by atoms with E-state index in [0.29, 0.717) is 0 Å². The lowest BCUT2D eigenvalue weighted by Gasteiger charge is -2.28. The molecule has 1 rings (SSSR count). The molecule has 0 saturated carbocycles. The van der Waals surface area contributed by atoms with Crippen LogP contribution in [0.25, 0.3) is 0 Å². The van der Waals surface area contributed by atoms with Gasteiger partial charge < -0.3 is 4.74 Å². The van der Waals surface area contributed by atoms with Crippen LogP contribution in [0.15, 0.2) is 6.20 Å². The molecule has 18 heavy (non-hydrogen) atoms. The molecule has 0 aliphatic heterocycles. The highest BCUT2D eigenvalue weighted by molar-refractivity contribution is 5.91. The number of nitriles is 1. The summed E-state index contributed by atoms with van der Waals surface area (Å²) in [5.74, 6) is -0.491. The third kappa shape index (κ3) is 2.37. The van der Waals surface area contributed by atoms with E-state index < -0.39 is 5.97 Å². The zero-order valence-corrected chi connectivity index (χ0v) is 11.4. The molecule has 0 saturated heterocycles. The quantitative estimate of drug-likeness (QED) is 0.752. The molecule has 1 aromatic heterocycles. The molecule has 1 aromatic rings. The van der Waals surface area contributed by atoms with Crippen molar-refractivity contribution in [2.24, 2.45) is 0 Å². The molecule has 0 aromatic carbocycles. The molecule has 0 N–H and O–H groups in total. The molecule has 0 amide bonds. The highest BCUT2D eigenvalue weighted by atomic mass is 16.5. The molecule has 0 bridgehead atoms. The first-order valence-corrected chi connectivity index (χ1v) is 6.19. The highest BCUT2D eigenvalue weighted by Gasteiger charge is 2.29. The van der Waals surface area contributed by atoms with E-state index in [4.69, 9.17) is 4.74 Å². The predicted molar refractivity (Wildman–Crippen MR) is 67.1 cm³/mol. The van der Waals surface area contributed by atoms with E-state index in [1.807, 2.05) is 20.8 Å². The van der Waals surface area contributed by atoms with Crippen LogP contribution in [0.1, 0.15) is 56.6 Å². The molecule has 1 heterocycles. The van der Waals surface area contributed by atoms with Crippen LogP contribution in [0.2, 0.25) is 0 Å². The van der Waals surface area contributed by atoms with Crippen LogP contribution in [0.5, 0.6) is 0 Å². The number of esters is 1. The van der Waals surface area contributed by atoms with Crippen molar-refractivity contribution in [1.82, 2.24) is 9.78 Å². The highest BCUT2D eigenvalue weighted by Crippen LogP contribution is 2.26. The fraction of sp³-hybridized carbons (Fsp3) is 0.615. The summed E-state index contributed by atoms with van der Waals surface area (Å²) in [6.45, 7) is 8.12. The van der Waals surface area contributed by atoms with Gasteiger partial charge in [0.15, 0.2) is 5.69 Å². The molecular formula is C13H19N3O2. The first-order valence-electron chi connectivity index (χ1n) is 6.19. The van der Waals surface area contributed by atoms with E-state index in [9.17, 15) is 10.1 Å². The minimum absolute atomic E-state index is 0.243. The molecule has 0 unspecified atom stereocenters. The van der Waals surface area contributed by atoms with E-state index in [0.717, 1.165) is 12.8 Å². The summed E-state index contributed by atoms with van der Waals surface area (Å²) in [6, 6.07) is 2.06. The molecule has 5 heteroatoms. The molecule has 0 atom stereocenters. The summed E-state index contributed by atoms with van der Waals surface area (Å²) in [7, 11) is 0. The summed E-state index contributed by atoms with van der Waals surface area (Å²) in [6.07, 6.45) is 3.09.